The van der Waals surface area contributed by atoms with Gasteiger partial charge in [-0.15, -0.1) is 0 Å². The minimum absolute atomic E-state index is 0.0633. The van der Waals surface area contributed by atoms with E-state index >= 15 is 0 Å². The van der Waals surface area contributed by atoms with Crippen molar-refractivity contribution >= 4 is 23.2 Å². The van der Waals surface area contributed by atoms with E-state index in [4.69, 9.17) is 4.74 Å². The molecule has 1 aliphatic heterocycles. The van der Waals surface area contributed by atoms with Crippen molar-refractivity contribution in [2.24, 2.45) is 5.10 Å². The fraction of sp³-hybridized carbons (Fsp3) is 0.250. The first-order valence-corrected chi connectivity index (χ1v) is 8.68. The number of amides is 2. The van der Waals surface area contributed by atoms with Crippen LogP contribution in [0.2, 0.25) is 0 Å². The van der Waals surface area contributed by atoms with Crippen LogP contribution in [-0.2, 0) is 16.0 Å². The first-order valence-electron chi connectivity index (χ1n) is 8.68. The SMILES string of the molecule is O=C(CN1C(=O)COc2ccccc21)NN=C1CCCc2ccccc21. The van der Waals surface area contributed by atoms with E-state index in [0.717, 1.165) is 30.5 Å². The molecule has 0 radical (unpaired) electrons. The largest absolute Gasteiger partial charge is 0.482 e. The lowest BCUT2D eigenvalue weighted by molar-refractivity contribution is -0.125. The maximum absolute atomic E-state index is 12.4. The zero-order valence-corrected chi connectivity index (χ0v) is 14.3. The third-order valence-corrected chi connectivity index (χ3v) is 4.61. The van der Waals surface area contributed by atoms with Crippen molar-refractivity contribution in [1.29, 1.82) is 0 Å². The van der Waals surface area contributed by atoms with E-state index in [1.165, 1.54) is 10.5 Å². The number of benzene rings is 2. The summed E-state index contributed by atoms with van der Waals surface area (Å²) in [5.41, 5.74) is 6.44. The van der Waals surface area contributed by atoms with Crippen LogP contribution in [0.5, 0.6) is 5.75 Å². The highest BCUT2D eigenvalue weighted by molar-refractivity contribution is 6.04. The Hall–Kier alpha value is -3.15. The zero-order valence-electron chi connectivity index (χ0n) is 14.3. The molecule has 0 saturated carbocycles. The van der Waals surface area contributed by atoms with E-state index in [1.807, 2.05) is 30.3 Å². The first-order chi connectivity index (χ1) is 12.7. The number of carbonyl (C=O) groups excluding carboxylic acids is 2. The molecule has 0 atom stereocenters. The average Bonchev–Trinajstić information content (AvgIpc) is 2.68. The van der Waals surface area contributed by atoms with Gasteiger partial charge in [-0.05, 0) is 37.0 Å². The number of rotatable bonds is 3. The summed E-state index contributed by atoms with van der Waals surface area (Å²) < 4.78 is 5.39. The second kappa shape index (κ2) is 7.00. The lowest BCUT2D eigenvalue weighted by atomic mass is 9.90. The van der Waals surface area contributed by atoms with E-state index in [2.05, 4.69) is 16.6 Å². The molecular weight excluding hydrogens is 330 g/mol. The molecule has 1 N–H and O–H groups in total. The average molecular weight is 349 g/mol. The van der Waals surface area contributed by atoms with Crippen molar-refractivity contribution < 1.29 is 14.3 Å². The van der Waals surface area contributed by atoms with Crippen molar-refractivity contribution in [2.75, 3.05) is 18.1 Å². The van der Waals surface area contributed by atoms with Gasteiger partial charge in [-0.1, -0.05) is 36.4 Å². The number of aryl methyl sites for hydroxylation is 1. The van der Waals surface area contributed by atoms with Crippen molar-refractivity contribution in [3.05, 3.63) is 59.7 Å². The molecule has 6 nitrogen and oxygen atoms in total. The number of anilines is 1. The molecule has 0 bridgehead atoms. The molecule has 0 saturated heterocycles. The molecule has 0 unspecified atom stereocenters. The van der Waals surface area contributed by atoms with Crippen LogP contribution in [-0.4, -0.2) is 30.7 Å². The van der Waals surface area contributed by atoms with Gasteiger partial charge in [0.1, 0.15) is 12.3 Å². The second-order valence-electron chi connectivity index (χ2n) is 6.34. The molecule has 0 spiro atoms. The van der Waals surface area contributed by atoms with Gasteiger partial charge in [-0.2, -0.15) is 5.10 Å². The Bertz CT molecular complexity index is 891. The summed E-state index contributed by atoms with van der Waals surface area (Å²) in [6.07, 6.45) is 2.87. The van der Waals surface area contributed by atoms with Crippen molar-refractivity contribution in [1.82, 2.24) is 5.43 Å². The molecule has 1 heterocycles. The predicted molar refractivity (Wildman–Crippen MR) is 98.3 cm³/mol. The minimum Gasteiger partial charge on any atom is -0.482 e. The Morgan fingerprint density at radius 1 is 1.12 bits per heavy atom. The van der Waals surface area contributed by atoms with Gasteiger partial charge in [0.05, 0.1) is 11.4 Å². The number of carbonyl (C=O) groups is 2. The summed E-state index contributed by atoms with van der Waals surface area (Å²) >= 11 is 0. The van der Waals surface area contributed by atoms with Gasteiger partial charge in [-0.25, -0.2) is 5.43 Å². The fourth-order valence-electron chi connectivity index (χ4n) is 3.35. The molecule has 2 aromatic carbocycles. The van der Waals surface area contributed by atoms with E-state index in [1.54, 1.807) is 12.1 Å². The van der Waals surface area contributed by atoms with Gasteiger partial charge in [-0.3, -0.25) is 14.5 Å². The van der Waals surface area contributed by atoms with Gasteiger partial charge in [0.25, 0.3) is 11.8 Å². The molecule has 0 aromatic heterocycles. The van der Waals surface area contributed by atoms with Crippen molar-refractivity contribution in [3.8, 4) is 5.75 Å². The molecule has 2 amide bonds. The van der Waals surface area contributed by atoms with Crippen LogP contribution in [0.1, 0.15) is 24.0 Å². The maximum Gasteiger partial charge on any atom is 0.265 e. The van der Waals surface area contributed by atoms with E-state index in [0.29, 0.717) is 11.4 Å². The van der Waals surface area contributed by atoms with Crippen LogP contribution in [0.4, 0.5) is 5.69 Å². The Labute approximate surface area is 151 Å². The Morgan fingerprint density at radius 3 is 2.85 bits per heavy atom. The van der Waals surface area contributed by atoms with Gasteiger partial charge >= 0.3 is 0 Å². The van der Waals surface area contributed by atoms with Crippen LogP contribution >= 0.6 is 0 Å². The number of para-hydroxylation sites is 2. The highest BCUT2D eigenvalue weighted by Crippen LogP contribution is 2.31. The third-order valence-electron chi connectivity index (χ3n) is 4.61. The van der Waals surface area contributed by atoms with Crippen LogP contribution in [0.15, 0.2) is 53.6 Å². The molecule has 2 aliphatic rings. The molecule has 4 rings (SSSR count). The number of nitrogens with one attached hydrogen (secondary N) is 1. The lowest BCUT2D eigenvalue weighted by Crippen LogP contribution is -2.44. The van der Waals surface area contributed by atoms with Crippen LogP contribution in [0.3, 0.4) is 0 Å². The topological polar surface area (TPSA) is 71.0 Å². The van der Waals surface area contributed by atoms with Gasteiger partial charge in [0.2, 0.25) is 0 Å². The normalized spacial score (nSPS) is 17.3. The van der Waals surface area contributed by atoms with E-state index < -0.39 is 0 Å². The van der Waals surface area contributed by atoms with Gasteiger partial charge in [0.15, 0.2) is 6.61 Å². The summed E-state index contributed by atoms with van der Waals surface area (Å²) in [5.74, 6) is 0.0348. The Balaban J connectivity index is 1.48. The number of hydrazone groups is 1. The lowest BCUT2D eigenvalue weighted by Gasteiger charge is -2.28. The van der Waals surface area contributed by atoms with Crippen molar-refractivity contribution in [3.63, 3.8) is 0 Å². The molecule has 26 heavy (non-hydrogen) atoms. The molecule has 2 aromatic rings. The first kappa shape index (κ1) is 16.3. The van der Waals surface area contributed by atoms with Gasteiger partial charge < -0.3 is 4.74 Å². The quantitative estimate of drug-likeness (QED) is 0.864. The highest BCUT2D eigenvalue weighted by atomic mass is 16.5. The minimum atomic E-state index is -0.328. The van der Waals surface area contributed by atoms with Crippen molar-refractivity contribution in [2.45, 2.75) is 19.3 Å². The summed E-state index contributed by atoms with van der Waals surface area (Å²) in [7, 11) is 0. The molecule has 0 fully saturated rings. The summed E-state index contributed by atoms with van der Waals surface area (Å²) in [5, 5.41) is 4.32. The Kier molecular flexibility index (Phi) is 4.39. The number of ether oxygens (including phenoxy) is 1. The summed E-state index contributed by atoms with van der Waals surface area (Å²) in [6.45, 7) is -0.149. The van der Waals surface area contributed by atoms with Crippen LogP contribution in [0, 0.1) is 0 Å². The molecule has 1 aliphatic carbocycles. The zero-order chi connectivity index (χ0) is 17.9. The molecule has 6 heteroatoms. The van der Waals surface area contributed by atoms with Crippen LogP contribution in [0.25, 0.3) is 0 Å². The summed E-state index contributed by atoms with van der Waals surface area (Å²) in [4.78, 5) is 25.9. The number of hydrogen-bond donors (Lipinski definition) is 1. The number of nitrogens with zero attached hydrogens (tertiary/aromatic N) is 2. The molecule has 132 valence electrons. The molecular formula is C20H19N3O3. The standard InChI is InChI=1S/C20H19N3O3/c24-19(12-23-17-10-3-4-11-18(17)26-13-20(23)25)22-21-16-9-5-7-14-6-1-2-8-15(14)16/h1-4,6,8,10-11H,5,7,9,12-13H2,(H,22,24). The van der Waals surface area contributed by atoms with Gasteiger partial charge in [0, 0.05) is 5.56 Å². The third kappa shape index (κ3) is 3.18. The predicted octanol–water partition coefficient (Wildman–Crippen LogP) is 2.27. The number of fused-ring (bicyclic) bond motifs is 2. The number of hydrogen-bond acceptors (Lipinski definition) is 4. The van der Waals surface area contributed by atoms with E-state index in [-0.39, 0.29) is 25.0 Å². The monoisotopic (exact) mass is 349 g/mol. The highest BCUT2D eigenvalue weighted by Gasteiger charge is 2.27. The summed E-state index contributed by atoms with van der Waals surface area (Å²) in [6, 6.07) is 15.3. The smallest absolute Gasteiger partial charge is 0.265 e. The van der Waals surface area contributed by atoms with Crippen LogP contribution < -0.4 is 15.1 Å². The maximum atomic E-state index is 12.4. The second-order valence-corrected chi connectivity index (χ2v) is 6.34. The fourth-order valence-corrected chi connectivity index (χ4v) is 3.35. The Morgan fingerprint density at radius 2 is 1.92 bits per heavy atom. The van der Waals surface area contributed by atoms with E-state index in [9.17, 15) is 9.59 Å².